The maximum atomic E-state index is 12.1. The van der Waals surface area contributed by atoms with Crippen molar-refractivity contribution in [1.29, 1.82) is 0 Å². The summed E-state index contributed by atoms with van der Waals surface area (Å²) in [5, 5.41) is 2.94. The van der Waals surface area contributed by atoms with Crippen molar-refractivity contribution in [3.8, 4) is 5.75 Å². The van der Waals surface area contributed by atoms with Gasteiger partial charge in [-0.2, -0.15) is 0 Å². The van der Waals surface area contributed by atoms with Crippen LogP contribution >= 0.6 is 15.9 Å². The molecular formula is C25H30BrN3O2. The SMILES string of the molecule is C=C(Br)Cn1c(CCCCCNC(=O)COc2cc(C)ccc2C)nc2ccccc21. The predicted molar refractivity (Wildman–Crippen MR) is 130 cm³/mol. The first kappa shape index (κ1) is 23.1. The number of rotatable bonds is 11. The molecule has 0 aliphatic heterocycles. The molecule has 3 aromatic rings. The number of fused-ring (bicyclic) bond motifs is 1. The molecule has 1 aromatic heterocycles. The molecule has 1 heterocycles. The lowest BCUT2D eigenvalue weighted by molar-refractivity contribution is -0.123. The Kier molecular flexibility index (Phi) is 8.29. The summed E-state index contributed by atoms with van der Waals surface area (Å²) in [6, 6.07) is 14.2. The molecule has 0 saturated carbocycles. The fraction of sp³-hybridized carbons (Fsp3) is 0.360. The number of hydrogen-bond donors (Lipinski definition) is 1. The van der Waals surface area contributed by atoms with E-state index in [4.69, 9.17) is 9.72 Å². The number of carbonyl (C=O) groups is 1. The zero-order valence-electron chi connectivity index (χ0n) is 18.3. The zero-order valence-corrected chi connectivity index (χ0v) is 19.9. The van der Waals surface area contributed by atoms with Crippen molar-refractivity contribution in [2.24, 2.45) is 0 Å². The molecule has 164 valence electrons. The highest BCUT2D eigenvalue weighted by Gasteiger charge is 2.10. The van der Waals surface area contributed by atoms with Gasteiger partial charge in [-0.25, -0.2) is 4.98 Å². The van der Waals surface area contributed by atoms with Crippen LogP contribution in [0.15, 0.2) is 53.5 Å². The lowest BCUT2D eigenvalue weighted by atomic mass is 10.1. The molecule has 3 rings (SSSR count). The summed E-state index contributed by atoms with van der Waals surface area (Å²) in [4.78, 5) is 16.8. The largest absolute Gasteiger partial charge is 0.483 e. The Morgan fingerprint density at radius 2 is 1.97 bits per heavy atom. The number of hydrogen-bond acceptors (Lipinski definition) is 3. The Bertz CT molecular complexity index is 1060. The third-order valence-corrected chi connectivity index (χ3v) is 5.42. The lowest BCUT2D eigenvalue weighted by Crippen LogP contribution is -2.29. The molecule has 0 aliphatic carbocycles. The van der Waals surface area contributed by atoms with Crippen LogP contribution in [0.4, 0.5) is 0 Å². The molecule has 1 N–H and O–H groups in total. The Balaban J connectivity index is 1.39. The number of amides is 1. The lowest BCUT2D eigenvalue weighted by Gasteiger charge is -2.10. The first-order valence-corrected chi connectivity index (χ1v) is 11.5. The number of imidazole rings is 1. The van der Waals surface area contributed by atoms with E-state index < -0.39 is 0 Å². The van der Waals surface area contributed by atoms with E-state index in [0.29, 0.717) is 13.1 Å². The molecule has 0 atom stereocenters. The number of allylic oxidation sites excluding steroid dienone is 1. The van der Waals surface area contributed by atoms with Gasteiger partial charge in [0.2, 0.25) is 0 Å². The maximum absolute atomic E-state index is 12.1. The number of para-hydroxylation sites is 2. The van der Waals surface area contributed by atoms with Crippen LogP contribution in [0.1, 0.15) is 36.2 Å². The van der Waals surface area contributed by atoms with Gasteiger partial charge in [-0.1, -0.05) is 53.2 Å². The number of benzene rings is 2. The van der Waals surface area contributed by atoms with Gasteiger partial charge in [-0.3, -0.25) is 4.79 Å². The Labute approximate surface area is 192 Å². The molecule has 0 saturated heterocycles. The number of unbranched alkanes of at least 4 members (excludes halogenated alkanes) is 2. The normalized spacial score (nSPS) is 10.9. The fourth-order valence-corrected chi connectivity index (χ4v) is 3.78. The summed E-state index contributed by atoms with van der Waals surface area (Å²) < 4.78 is 8.81. The van der Waals surface area contributed by atoms with E-state index in [0.717, 1.165) is 63.9 Å². The van der Waals surface area contributed by atoms with E-state index in [1.165, 1.54) is 0 Å². The summed E-state index contributed by atoms with van der Waals surface area (Å²) in [7, 11) is 0. The fourth-order valence-electron chi connectivity index (χ4n) is 3.53. The number of aryl methyl sites for hydroxylation is 3. The van der Waals surface area contributed by atoms with Crippen LogP contribution in [0.3, 0.4) is 0 Å². The zero-order chi connectivity index (χ0) is 22.2. The van der Waals surface area contributed by atoms with Crippen LogP contribution < -0.4 is 10.1 Å². The predicted octanol–water partition coefficient (Wildman–Crippen LogP) is 5.47. The molecule has 0 aliphatic rings. The summed E-state index contributed by atoms with van der Waals surface area (Å²) in [6.45, 7) is 9.39. The van der Waals surface area contributed by atoms with E-state index in [2.05, 4.69) is 38.5 Å². The quantitative estimate of drug-likeness (QED) is 0.367. The van der Waals surface area contributed by atoms with Gasteiger partial charge in [0, 0.05) is 17.4 Å². The van der Waals surface area contributed by atoms with Crippen LogP contribution in [-0.2, 0) is 17.8 Å². The minimum atomic E-state index is -0.0847. The summed E-state index contributed by atoms with van der Waals surface area (Å²) in [5.41, 5.74) is 4.31. The van der Waals surface area contributed by atoms with Gasteiger partial charge in [-0.15, -0.1) is 0 Å². The van der Waals surface area contributed by atoms with Crippen LogP contribution in [-0.4, -0.2) is 28.6 Å². The number of ether oxygens (including phenoxy) is 1. The molecule has 1 amide bonds. The number of nitrogens with one attached hydrogen (secondary N) is 1. The molecular weight excluding hydrogens is 454 g/mol. The van der Waals surface area contributed by atoms with Gasteiger partial charge in [0.05, 0.1) is 17.6 Å². The molecule has 0 fully saturated rings. The molecule has 0 unspecified atom stereocenters. The Morgan fingerprint density at radius 1 is 1.16 bits per heavy atom. The highest BCUT2D eigenvalue weighted by molar-refractivity contribution is 9.11. The van der Waals surface area contributed by atoms with E-state index >= 15 is 0 Å². The standard InChI is InChI=1S/C25H30BrN3O2/c1-18-12-13-19(2)23(15-18)31-17-25(30)27-14-8-4-5-11-24-28-21-9-6-7-10-22(21)29(24)16-20(3)26/h6-7,9-10,12-13,15H,3-5,8,11,14,16-17H2,1-2H3,(H,27,30). The first-order valence-electron chi connectivity index (χ1n) is 10.7. The average molecular weight is 484 g/mol. The minimum absolute atomic E-state index is 0.0464. The molecule has 5 nitrogen and oxygen atoms in total. The highest BCUT2D eigenvalue weighted by Crippen LogP contribution is 2.21. The van der Waals surface area contributed by atoms with Gasteiger partial charge >= 0.3 is 0 Å². The topological polar surface area (TPSA) is 56.2 Å². The third-order valence-electron chi connectivity index (χ3n) is 5.17. The Hall–Kier alpha value is -2.60. The van der Waals surface area contributed by atoms with Crippen molar-refractivity contribution in [1.82, 2.24) is 14.9 Å². The molecule has 0 spiro atoms. The number of halogens is 1. The summed E-state index contributed by atoms with van der Waals surface area (Å²) >= 11 is 3.47. The molecule has 0 bridgehead atoms. The van der Waals surface area contributed by atoms with Crippen LogP contribution in [0.2, 0.25) is 0 Å². The molecule has 0 radical (unpaired) electrons. The second-order valence-corrected chi connectivity index (χ2v) is 8.96. The second-order valence-electron chi connectivity index (χ2n) is 7.84. The van der Waals surface area contributed by atoms with Gasteiger partial charge in [0.1, 0.15) is 11.6 Å². The van der Waals surface area contributed by atoms with E-state index in [9.17, 15) is 4.79 Å². The van der Waals surface area contributed by atoms with Crippen LogP contribution in [0.25, 0.3) is 11.0 Å². The average Bonchev–Trinajstić information content (AvgIpc) is 3.08. The number of carbonyl (C=O) groups excluding carboxylic acids is 1. The van der Waals surface area contributed by atoms with Gasteiger partial charge in [0.25, 0.3) is 5.91 Å². The summed E-state index contributed by atoms with van der Waals surface area (Å²) in [5.74, 6) is 1.76. The third kappa shape index (κ3) is 6.69. The van der Waals surface area contributed by atoms with E-state index in [1.807, 2.05) is 50.2 Å². The smallest absolute Gasteiger partial charge is 0.257 e. The van der Waals surface area contributed by atoms with Crippen molar-refractivity contribution in [2.75, 3.05) is 13.2 Å². The second kappa shape index (κ2) is 11.1. The minimum Gasteiger partial charge on any atom is -0.483 e. The van der Waals surface area contributed by atoms with Crippen molar-refractivity contribution >= 4 is 32.9 Å². The van der Waals surface area contributed by atoms with Crippen LogP contribution in [0, 0.1) is 13.8 Å². The van der Waals surface area contributed by atoms with E-state index in [1.54, 1.807) is 0 Å². The van der Waals surface area contributed by atoms with Crippen LogP contribution in [0.5, 0.6) is 5.75 Å². The van der Waals surface area contributed by atoms with Crippen molar-refractivity contribution in [3.63, 3.8) is 0 Å². The monoisotopic (exact) mass is 483 g/mol. The summed E-state index contributed by atoms with van der Waals surface area (Å²) in [6.07, 6.45) is 3.88. The number of aromatic nitrogens is 2. The molecule has 6 heteroatoms. The molecule has 2 aromatic carbocycles. The number of nitrogens with zero attached hydrogens (tertiary/aromatic N) is 2. The van der Waals surface area contributed by atoms with Crippen molar-refractivity contribution < 1.29 is 9.53 Å². The van der Waals surface area contributed by atoms with Crippen molar-refractivity contribution in [2.45, 2.75) is 46.1 Å². The van der Waals surface area contributed by atoms with E-state index in [-0.39, 0.29) is 12.5 Å². The first-order chi connectivity index (χ1) is 14.9. The maximum Gasteiger partial charge on any atom is 0.257 e. The Morgan fingerprint density at radius 3 is 2.77 bits per heavy atom. The molecule has 31 heavy (non-hydrogen) atoms. The van der Waals surface area contributed by atoms with Crippen molar-refractivity contribution in [3.05, 3.63) is 70.5 Å². The van der Waals surface area contributed by atoms with Gasteiger partial charge in [0.15, 0.2) is 6.61 Å². The van der Waals surface area contributed by atoms with Gasteiger partial charge in [-0.05, 0) is 56.0 Å². The van der Waals surface area contributed by atoms with Gasteiger partial charge < -0.3 is 14.6 Å². The highest BCUT2D eigenvalue weighted by atomic mass is 79.9.